The molecule has 12 nitrogen and oxygen atoms in total. The molecule has 0 fully saturated rings. The van der Waals surface area contributed by atoms with Gasteiger partial charge in [0.15, 0.2) is 23.4 Å². The van der Waals surface area contributed by atoms with Crippen molar-refractivity contribution in [2.75, 3.05) is 13.2 Å². The Bertz CT molecular complexity index is 2980. The molecule has 0 radical (unpaired) electrons. The number of esters is 2. The zero-order valence-corrected chi connectivity index (χ0v) is 39.7. The number of benzene rings is 6. The average molecular weight is 967 g/mol. The number of ketones is 2. The van der Waals surface area contributed by atoms with Gasteiger partial charge in [-0.2, -0.15) is 0 Å². The van der Waals surface area contributed by atoms with Gasteiger partial charge in [-0.3, -0.25) is 28.8 Å². The fraction of sp³-hybridized carbons (Fsp3) is 0.107. The van der Waals surface area contributed by atoms with Crippen LogP contribution in [-0.2, 0) is 28.7 Å². The fourth-order valence-corrected chi connectivity index (χ4v) is 11.1. The topological polar surface area (TPSA) is 183 Å². The van der Waals surface area contributed by atoms with Crippen LogP contribution in [0.5, 0.6) is 0 Å². The van der Waals surface area contributed by atoms with Crippen molar-refractivity contribution < 1.29 is 38.2 Å². The molecule has 4 N–H and O–H groups in total. The summed E-state index contributed by atoms with van der Waals surface area (Å²) in [7, 11) is 2.14. The van der Waals surface area contributed by atoms with Gasteiger partial charge in [-0.1, -0.05) is 158 Å². The lowest BCUT2D eigenvalue weighted by Gasteiger charge is -2.18. The molecule has 8 aromatic rings. The van der Waals surface area contributed by atoms with E-state index in [-0.39, 0.29) is 56.6 Å². The molecule has 0 saturated heterocycles. The third kappa shape index (κ3) is 9.59. The minimum Gasteiger partial charge on any atom is -0.465 e. The molecule has 350 valence electrons. The van der Waals surface area contributed by atoms with E-state index >= 15 is 9.59 Å². The minimum atomic E-state index is -1.77. The Labute approximate surface area is 412 Å². The lowest BCUT2D eigenvalue weighted by atomic mass is 9.89. The second-order valence-electron chi connectivity index (χ2n) is 15.7. The highest BCUT2D eigenvalue weighted by Gasteiger charge is 2.43. The quantitative estimate of drug-likeness (QED) is 0.0342. The van der Waals surface area contributed by atoms with E-state index in [1.807, 2.05) is 72.8 Å². The summed E-state index contributed by atoms with van der Waals surface area (Å²) >= 11 is 0. The maximum atomic E-state index is 15.5. The number of carbonyl (C=O) groups is 6. The molecule has 0 aliphatic carbocycles. The van der Waals surface area contributed by atoms with E-state index in [4.69, 9.17) is 20.9 Å². The van der Waals surface area contributed by atoms with Crippen molar-refractivity contribution in [2.45, 2.75) is 35.7 Å². The summed E-state index contributed by atoms with van der Waals surface area (Å²) in [6, 6.07) is 53.1. The van der Waals surface area contributed by atoms with E-state index in [2.05, 4.69) is 0 Å². The highest BCUT2D eigenvalue weighted by Crippen LogP contribution is 2.53. The molecule has 14 heteroatoms. The van der Waals surface area contributed by atoms with Gasteiger partial charge in [-0.05, 0) is 70.8 Å². The minimum absolute atomic E-state index is 0.0127. The van der Waals surface area contributed by atoms with E-state index in [0.717, 1.165) is 21.6 Å². The second-order valence-corrected chi connectivity index (χ2v) is 17.8. The molecular weight excluding hydrogens is 921 g/mol. The molecule has 0 unspecified atom stereocenters. The number of nitrogens with two attached hydrogens (primary N) is 2. The van der Waals surface area contributed by atoms with Gasteiger partial charge in [-0.15, -0.1) is 0 Å². The maximum absolute atomic E-state index is 15.5. The molecule has 70 heavy (non-hydrogen) atoms. The zero-order chi connectivity index (χ0) is 49.3. The average Bonchev–Trinajstić information content (AvgIpc) is 3.89. The summed E-state index contributed by atoms with van der Waals surface area (Å²) in [6.07, 6.45) is 0. The molecule has 2 amide bonds. The summed E-state index contributed by atoms with van der Waals surface area (Å²) in [5.41, 5.74) is 15.6. The second kappa shape index (κ2) is 21.8. The van der Waals surface area contributed by atoms with Crippen LogP contribution in [0.4, 0.5) is 0 Å². The van der Waals surface area contributed by atoms with Crippen LogP contribution >= 0.6 is 21.6 Å². The standard InChI is InChI=1S/C56H46N4O8S2/c1-3-67-55(65)45(51(57)63)41-43(49(61)37-27-15-7-16-28-37)53(59(39-31-19-9-20-32-39)47(41)35-23-11-5-12-24-35)69-70-54-44(50(62)38-29-17-8-18-30-38)42(46(52(58)64)56(66)68-4-2)48(36-25-13-6-14-26-36)60(54)40-33-21-10-22-34-40/h5-34,45-46H,3-4H2,1-2H3,(H2,57,63)(H2,58,64)/t45-,46-/m0/s1. The number of rotatable bonds is 19. The van der Waals surface area contributed by atoms with Gasteiger partial charge < -0.3 is 30.1 Å². The number of hydrogen-bond acceptors (Lipinski definition) is 10. The summed E-state index contributed by atoms with van der Waals surface area (Å²) in [4.78, 5) is 87.2. The molecule has 0 spiro atoms. The monoisotopic (exact) mass is 966 g/mol. The number of carbonyl (C=O) groups excluding carboxylic acids is 6. The number of hydrogen-bond donors (Lipinski definition) is 2. The van der Waals surface area contributed by atoms with Gasteiger partial charge in [-0.25, -0.2) is 0 Å². The Kier molecular flexibility index (Phi) is 15.1. The van der Waals surface area contributed by atoms with Crippen LogP contribution in [0.2, 0.25) is 0 Å². The van der Waals surface area contributed by atoms with Crippen molar-refractivity contribution in [1.82, 2.24) is 9.13 Å². The first kappa shape index (κ1) is 48.3. The molecule has 0 aliphatic rings. The van der Waals surface area contributed by atoms with Gasteiger partial charge in [0, 0.05) is 33.6 Å². The predicted molar refractivity (Wildman–Crippen MR) is 271 cm³/mol. The number of para-hydroxylation sites is 2. The van der Waals surface area contributed by atoms with Crippen molar-refractivity contribution >= 4 is 56.9 Å². The predicted octanol–water partition coefficient (Wildman–Crippen LogP) is 10.1. The van der Waals surface area contributed by atoms with Crippen LogP contribution in [0.1, 0.15) is 68.7 Å². The third-order valence-corrected chi connectivity index (χ3v) is 13.7. The number of ether oxygens (including phenoxy) is 2. The summed E-state index contributed by atoms with van der Waals surface area (Å²) in [5, 5.41) is 0.487. The van der Waals surface area contributed by atoms with E-state index in [1.165, 1.54) is 0 Å². The van der Waals surface area contributed by atoms with E-state index in [1.54, 1.807) is 132 Å². The van der Waals surface area contributed by atoms with Gasteiger partial charge >= 0.3 is 11.9 Å². The lowest BCUT2D eigenvalue weighted by molar-refractivity contribution is -0.149. The molecule has 2 heterocycles. The maximum Gasteiger partial charge on any atom is 0.323 e. The highest BCUT2D eigenvalue weighted by atomic mass is 33.1. The van der Waals surface area contributed by atoms with Crippen LogP contribution < -0.4 is 11.5 Å². The molecule has 0 saturated carbocycles. The summed E-state index contributed by atoms with van der Waals surface area (Å²) in [6.45, 7) is 3.05. The van der Waals surface area contributed by atoms with Crippen LogP contribution in [-0.4, -0.2) is 57.7 Å². The first-order valence-electron chi connectivity index (χ1n) is 22.3. The van der Waals surface area contributed by atoms with E-state index in [9.17, 15) is 19.2 Å². The zero-order valence-electron chi connectivity index (χ0n) is 38.0. The number of amides is 2. The number of primary amides is 2. The van der Waals surface area contributed by atoms with Crippen molar-refractivity contribution in [3.63, 3.8) is 0 Å². The Morgan fingerprint density at radius 1 is 0.443 bits per heavy atom. The molecule has 0 bridgehead atoms. The SMILES string of the molecule is CCOC(=O)[C@H](C(N)=O)c1c(C(=O)c2ccccc2)c(SSc2c(C(=O)c3ccccc3)c([C@@H](C(N)=O)C(=O)OCC)c(-c3ccccc3)n2-c2ccccc2)n(-c2ccccc2)c1-c1ccccc1. The Morgan fingerprint density at radius 2 is 0.729 bits per heavy atom. The summed E-state index contributed by atoms with van der Waals surface area (Å²) in [5.74, 6) is -8.62. The first-order chi connectivity index (χ1) is 34.1. The molecule has 0 aliphatic heterocycles. The van der Waals surface area contributed by atoms with Crippen LogP contribution in [0.3, 0.4) is 0 Å². The third-order valence-electron chi connectivity index (χ3n) is 11.4. The van der Waals surface area contributed by atoms with Gasteiger partial charge in [0.1, 0.15) is 10.1 Å². The summed E-state index contributed by atoms with van der Waals surface area (Å²) < 4.78 is 14.7. The lowest BCUT2D eigenvalue weighted by Crippen LogP contribution is -2.31. The number of aromatic nitrogens is 2. The number of nitrogens with zero attached hydrogens (tertiary/aromatic N) is 2. The molecule has 6 aromatic carbocycles. The molecule has 8 rings (SSSR count). The van der Waals surface area contributed by atoms with Gasteiger partial charge in [0.2, 0.25) is 11.8 Å². The fourth-order valence-electron chi connectivity index (χ4n) is 8.45. The van der Waals surface area contributed by atoms with Crippen molar-refractivity contribution in [3.8, 4) is 33.9 Å². The van der Waals surface area contributed by atoms with Gasteiger partial charge in [0.05, 0.1) is 35.7 Å². The Hall–Kier alpha value is -8.20. The normalized spacial score (nSPS) is 11.9. The highest BCUT2D eigenvalue weighted by molar-refractivity contribution is 8.76. The van der Waals surface area contributed by atoms with Crippen LogP contribution in [0.15, 0.2) is 192 Å². The largest absolute Gasteiger partial charge is 0.465 e. The van der Waals surface area contributed by atoms with Crippen molar-refractivity contribution in [1.29, 1.82) is 0 Å². The van der Waals surface area contributed by atoms with Crippen molar-refractivity contribution in [2.24, 2.45) is 11.5 Å². The first-order valence-corrected chi connectivity index (χ1v) is 24.5. The smallest absolute Gasteiger partial charge is 0.323 e. The van der Waals surface area contributed by atoms with Crippen LogP contribution in [0.25, 0.3) is 33.9 Å². The van der Waals surface area contributed by atoms with E-state index < -0.39 is 47.2 Å². The molecule has 2 atom stereocenters. The van der Waals surface area contributed by atoms with Crippen LogP contribution in [0, 0.1) is 0 Å². The Balaban J connectivity index is 1.54. The molecular formula is C56H46N4O8S2. The van der Waals surface area contributed by atoms with E-state index in [0.29, 0.717) is 33.9 Å². The Morgan fingerprint density at radius 3 is 1.01 bits per heavy atom. The van der Waals surface area contributed by atoms with Crippen molar-refractivity contribution in [3.05, 3.63) is 215 Å². The molecule has 2 aromatic heterocycles. The van der Waals surface area contributed by atoms with Gasteiger partial charge in [0.25, 0.3) is 0 Å².